The highest BCUT2D eigenvalue weighted by Gasteiger charge is 2.78. The number of rotatable bonds is 15. The molecule has 3 spiro atoms. The summed E-state index contributed by atoms with van der Waals surface area (Å²) < 4.78 is 9.36. The molecule has 9 saturated heterocycles. The first-order valence-electron chi connectivity index (χ1n) is 45.6. The van der Waals surface area contributed by atoms with Crippen molar-refractivity contribution >= 4 is 205 Å². The summed E-state index contributed by atoms with van der Waals surface area (Å²) in [6.45, 7) is 8.26. The first-order chi connectivity index (χ1) is 67.5. The first kappa shape index (κ1) is 102. The number of nitrogens with zero attached hydrogens (tertiary/aromatic N) is 9. The van der Waals surface area contributed by atoms with Crippen LogP contribution in [0.1, 0.15) is 118 Å². The lowest BCUT2D eigenvalue weighted by molar-refractivity contribution is -0.231. The lowest BCUT2D eigenvalue weighted by Crippen LogP contribution is -2.78. The molecule has 15 aliphatic rings. The van der Waals surface area contributed by atoms with Crippen molar-refractivity contribution in [2.45, 2.75) is 184 Å². The van der Waals surface area contributed by atoms with Crippen LogP contribution in [0.15, 0.2) is 149 Å². The molecular weight excluding hydrogens is 2060 g/mol. The number of aromatic hydroxyl groups is 1. The second kappa shape index (κ2) is 38.2. The van der Waals surface area contributed by atoms with Crippen LogP contribution in [0.5, 0.6) is 5.75 Å². The highest BCUT2D eigenvalue weighted by molar-refractivity contribution is 6.68. The van der Waals surface area contributed by atoms with Crippen molar-refractivity contribution in [2.75, 3.05) is 59.1 Å². The van der Waals surface area contributed by atoms with Crippen molar-refractivity contribution in [1.82, 2.24) is 93.2 Å². The molecule has 0 aromatic heterocycles. The molecule has 5 aromatic carbocycles. The van der Waals surface area contributed by atoms with E-state index in [1.807, 2.05) is 42.5 Å². The number of aliphatic hydroxyl groups is 6. The van der Waals surface area contributed by atoms with Crippen LogP contribution in [0.4, 0.5) is 14.4 Å². The van der Waals surface area contributed by atoms with Gasteiger partial charge in [-0.2, -0.15) is 0 Å². The Morgan fingerprint density at radius 1 is 0.427 bits per heavy atom. The molecule has 2 unspecified atom stereocenters. The SMILES string of the molecule is C=C1N[C@H]2[C@H](CN3C(=O)C4CCCCC4C3=O)N=C(NC(=O)OCC(Cl)(Cl)Cl)N3C[C@H](NC(=O)c4cccc5c4CCCC5)C(O)(O)[C@]23N1.C=C1N[C@H]2[C@H](CN3C(=O)CCC3=O)N=C(NC(=O)OCC(Cl)(Cl)Cl)N3C[C@H](NC(=O)c4ccc5ccccc5c4O)C(O)(O)[C@]23N1.C=C1N[C@H]2[C@H](CN3C(=O)CCC3=O)N=C(NC(=O)OCC(Cl)(Cl)Cl)N3C[C@H](NC(=O)c4cccc5c4-c4ccccc4C5)C(O)(O)[C@]23N1. The van der Waals surface area contributed by atoms with Crippen LogP contribution in [-0.4, -0.2) is 314 Å². The van der Waals surface area contributed by atoms with Crippen LogP contribution in [0.2, 0.25) is 0 Å². The van der Waals surface area contributed by atoms with Gasteiger partial charge in [-0.3, -0.25) is 73.8 Å². The van der Waals surface area contributed by atoms with Gasteiger partial charge in [0.05, 0.1) is 90.7 Å². The van der Waals surface area contributed by atoms with E-state index in [2.05, 4.69) is 93.5 Å². The molecule has 1 saturated carbocycles. The summed E-state index contributed by atoms with van der Waals surface area (Å²) in [5.74, 6) is -13.8. The quantitative estimate of drug-likeness (QED) is 0.0304. The van der Waals surface area contributed by atoms with Gasteiger partial charge in [-0.25, -0.2) is 29.4 Å². The lowest BCUT2D eigenvalue weighted by Gasteiger charge is -2.49. The average Bonchev–Trinajstić information content (AvgIpc) is 1.53. The van der Waals surface area contributed by atoms with Gasteiger partial charge in [-0.15, -0.1) is 0 Å². The molecule has 19 N–H and O–H groups in total. The number of amides is 12. The molecule has 0 radical (unpaired) electrons. The summed E-state index contributed by atoms with van der Waals surface area (Å²) in [7, 11) is 0. The van der Waals surface area contributed by atoms with Gasteiger partial charge in [0.25, 0.3) is 17.7 Å². The summed E-state index contributed by atoms with van der Waals surface area (Å²) in [6, 6.07) is 18.1. The molecule has 3 aliphatic carbocycles. The molecule has 5 aromatic rings. The van der Waals surface area contributed by atoms with Crippen molar-refractivity contribution in [3.63, 3.8) is 0 Å². The zero-order chi connectivity index (χ0) is 102. The molecule has 10 fully saturated rings. The second-order valence-corrected chi connectivity index (χ2v) is 44.7. The normalized spacial score (nSPS) is 28.3. The summed E-state index contributed by atoms with van der Waals surface area (Å²) in [6.07, 6.45) is 3.90. The summed E-state index contributed by atoms with van der Waals surface area (Å²) in [5.41, 5.74) is 0.572. The van der Waals surface area contributed by atoms with Gasteiger partial charge in [0, 0.05) is 61.8 Å². The summed E-state index contributed by atoms with van der Waals surface area (Å²) >= 11 is 51.7. The number of halogens is 9. The van der Waals surface area contributed by atoms with Crippen LogP contribution in [0.25, 0.3) is 21.9 Å². The molecule has 52 heteroatoms. The zero-order valence-electron chi connectivity index (χ0n) is 75.4. The van der Waals surface area contributed by atoms with Gasteiger partial charge in [0.2, 0.25) is 82.1 Å². The highest BCUT2D eigenvalue weighted by Crippen LogP contribution is 2.52. The van der Waals surface area contributed by atoms with E-state index >= 15 is 0 Å². The number of carbonyl (C=O) groups is 12. The van der Waals surface area contributed by atoms with Crippen molar-refractivity contribution in [2.24, 2.45) is 26.8 Å². The average molecular weight is 2150 g/mol. The molecular formula is C91H96Cl9N21O22. The summed E-state index contributed by atoms with van der Waals surface area (Å²) in [4.78, 5) is 178. The molecule has 12 heterocycles. The number of imide groups is 3. The Hall–Kier alpha value is -11.4. The van der Waals surface area contributed by atoms with E-state index in [1.54, 1.807) is 48.5 Å². The Labute approximate surface area is 859 Å². The number of phenolic OH excluding ortho intramolecular Hbond substituents is 1. The van der Waals surface area contributed by atoms with E-state index in [0.29, 0.717) is 41.2 Å². The number of phenols is 1. The smallest absolute Gasteiger partial charge is 0.414 e. The Bertz CT molecular complexity index is 6240. The predicted molar refractivity (Wildman–Crippen MR) is 517 cm³/mol. The number of aliphatic imine (C=N–C) groups is 3. The number of carbonyl (C=O) groups excluding carboxylic acids is 12. The number of aryl methyl sites for hydroxylation is 1. The Balaban J connectivity index is 0.000000141. The number of guanidine groups is 3. The molecule has 12 aliphatic heterocycles. The zero-order valence-corrected chi connectivity index (χ0v) is 82.3. The Morgan fingerprint density at radius 2 is 0.797 bits per heavy atom. The van der Waals surface area contributed by atoms with Crippen molar-refractivity contribution in [1.29, 1.82) is 0 Å². The van der Waals surface area contributed by atoms with Crippen LogP contribution in [-0.2, 0) is 62.2 Å². The predicted octanol–water partition coefficient (Wildman–Crippen LogP) is 2.82. The van der Waals surface area contributed by atoms with Crippen molar-refractivity contribution in [3.8, 4) is 16.9 Å². The minimum Gasteiger partial charge on any atom is -0.506 e. The lowest BCUT2D eigenvalue weighted by atomic mass is 9.81. The van der Waals surface area contributed by atoms with Crippen LogP contribution in [0, 0.1) is 11.8 Å². The third-order valence-corrected chi connectivity index (χ3v) is 29.5. The van der Waals surface area contributed by atoms with E-state index in [1.165, 1.54) is 25.7 Å². The van der Waals surface area contributed by atoms with Gasteiger partial charge >= 0.3 is 18.3 Å². The maximum atomic E-state index is 14.0. The topological polar surface area (TPSA) is 575 Å². The van der Waals surface area contributed by atoms with Gasteiger partial charge in [0.1, 0.15) is 43.7 Å². The fraction of sp³-hybridized carbons (Fsp3) is 0.462. The highest BCUT2D eigenvalue weighted by atomic mass is 35.6. The van der Waals surface area contributed by atoms with Crippen LogP contribution < -0.4 is 63.8 Å². The monoisotopic (exact) mass is 2150 g/mol. The molecule has 143 heavy (non-hydrogen) atoms. The Morgan fingerprint density at radius 3 is 1.23 bits per heavy atom. The number of hydrogen-bond acceptors (Lipinski definition) is 34. The number of benzene rings is 5. The second-order valence-electron chi connectivity index (χ2n) is 37.2. The van der Waals surface area contributed by atoms with Crippen LogP contribution in [0.3, 0.4) is 0 Å². The number of alkyl carbamates (subject to hydrolysis) is 3. The number of hydrogen-bond donors (Lipinski definition) is 19. The third kappa shape index (κ3) is 18.5. The minimum atomic E-state index is -2.84. The summed E-state index contributed by atoms with van der Waals surface area (Å²) in [5, 5.41) is 118. The molecule has 12 amide bonds. The fourth-order valence-corrected chi connectivity index (χ4v) is 22.8. The number of alkyl halides is 9. The van der Waals surface area contributed by atoms with E-state index in [9.17, 15) is 93.3 Å². The third-order valence-electron chi connectivity index (χ3n) is 28.5. The molecule has 43 nitrogen and oxygen atoms in total. The Kier molecular flexibility index (Phi) is 27.2. The number of nitrogens with one attached hydrogen (secondary N) is 12. The minimum absolute atomic E-state index is 0.00368. The molecule has 0 bridgehead atoms. The van der Waals surface area contributed by atoms with Gasteiger partial charge in [-0.05, 0) is 102 Å². The maximum Gasteiger partial charge on any atom is 0.414 e. The van der Waals surface area contributed by atoms with Crippen molar-refractivity contribution in [3.05, 3.63) is 173 Å². The number of likely N-dealkylation sites (tertiary alicyclic amines) is 3. The van der Waals surface area contributed by atoms with Gasteiger partial charge in [-0.1, -0.05) is 216 Å². The van der Waals surface area contributed by atoms with Gasteiger partial charge in [0.15, 0.2) is 17.0 Å². The molecule has 14 atom stereocenters. The van der Waals surface area contributed by atoms with Crippen molar-refractivity contribution < 1.29 is 107 Å². The maximum absolute atomic E-state index is 14.0. The fourth-order valence-electron chi connectivity index (χ4n) is 22.3. The van der Waals surface area contributed by atoms with E-state index in [4.69, 9.17) is 124 Å². The number of ether oxygens (including phenoxy) is 3. The van der Waals surface area contributed by atoms with E-state index in [0.717, 1.165) is 81.7 Å². The standard InChI is InChI=1S/C32H38Cl3N7O7.C31H30Cl3N7O7.C28H28Cl3N7O8/c1-16-36-24-22(13-41-26(44)20-10-4-5-11-21(20)27(41)45)37-28(39-29(46)49-15-30(33,34)35)42-14-23(32(47,48)31(24,42)40-16)38-25(43)19-12-6-8-17-7-2-3-9-18(17)19;1-15-35-25-20(12-40-22(42)9-10-23(40)43)36-27(38-28(45)48-14-29(32,33)34)41-13-21(31(46,47)30(25,41)39-15)37-26(44)19-8-4-6-17-11-16-5-2-3-7-18(16)24(17)19;1-13-32-22-17(10-37-19(39)8-9-20(37)40)33-24(35-25(43)46-12-26(29,30)31)38-11-18(28(44,45)27(22,38)36-13)34-23(42)16-7-6-14-4-2-3-5-15(14)21(16)41/h6,8,12,20-24,36,40,47-48H,1-5,7,9-11,13-15H2,(H,38,43)(H,37,39,46);2-8,20-21,25,35,39,46-47H,1,9-14H2,(H,37,44)(H,36,38,45);2-7,17-18,22,32,36,41,44-45H,1,8-12H2,(H,34,42)(H,33,35,43)/t20?,21?,22-,23-,24-,31-;20-,21-,25-,30-;17-,18-,22-,27-/m000/s1. The van der Waals surface area contributed by atoms with Crippen LogP contribution >= 0.6 is 104 Å². The van der Waals surface area contributed by atoms with Gasteiger partial charge < -0.3 is 113 Å². The largest absolute Gasteiger partial charge is 0.506 e. The van der Waals surface area contributed by atoms with E-state index < -0.39 is 191 Å². The first-order valence-corrected chi connectivity index (χ1v) is 49.0. The molecule has 20 rings (SSSR count). The molecule has 760 valence electrons. The van der Waals surface area contributed by atoms with E-state index in [-0.39, 0.29) is 123 Å². The number of fused-ring (bicyclic) bond motifs is 6.